The summed E-state index contributed by atoms with van der Waals surface area (Å²) in [7, 11) is 0. The second kappa shape index (κ2) is 6.97. The number of benzene rings is 3. The average Bonchev–Trinajstić information content (AvgIpc) is 2.77. The van der Waals surface area contributed by atoms with E-state index in [1.807, 2.05) is 59.5 Å². The number of carbonyl (C=O) groups is 1. The Hall–Kier alpha value is -3.40. The van der Waals surface area contributed by atoms with E-state index in [-0.39, 0.29) is 5.91 Å². The summed E-state index contributed by atoms with van der Waals surface area (Å²) in [5, 5.41) is 1.85. The minimum absolute atomic E-state index is 0.0995. The van der Waals surface area contributed by atoms with Crippen LogP contribution in [0.2, 0.25) is 0 Å². The molecule has 138 valence electrons. The van der Waals surface area contributed by atoms with Crippen molar-refractivity contribution in [2.45, 2.75) is 0 Å². The molecule has 1 aliphatic heterocycles. The van der Waals surface area contributed by atoms with Crippen LogP contribution in [-0.2, 0) is 0 Å². The normalized spacial score (nSPS) is 14.6. The molecule has 0 spiro atoms. The SMILES string of the molecule is O=C(c1c2ccccc2nc2ccccc12)N1CCN(c2ccccc2)CC1. The first-order valence-corrected chi connectivity index (χ1v) is 9.68. The van der Waals surface area contributed by atoms with Gasteiger partial charge in [-0.2, -0.15) is 0 Å². The Kier molecular flexibility index (Phi) is 4.17. The van der Waals surface area contributed by atoms with Crippen LogP contribution < -0.4 is 4.90 Å². The number of carbonyl (C=O) groups excluding carboxylic acids is 1. The van der Waals surface area contributed by atoms with Crippen LogP contribution in [0.3, 0.4) is 0 Å². The Morgan fingerprint density at radius 3 is 1.82 bits per heavy atom. The average molecular weight is 367 g/mol. The number of fused-ring (bicyclic) bond motifs is 2. The molecule has 2 heterocycles. The van der Waals surface area contributed by atoms with Gasteiger partial charge in [0.15, 0.2) is 0 Å². The summed E-state index contributed by atoms with van der Waals surface area (Å²) < 4.78 is 0. The lowest BCUT2D eigenvalue weighted by atomic mass is 10.0. The monoisotopic (exact) mass is 367 g/mol. The topological polar surface area (TPSA) is 36.4 Å². The van der Waals surface area contributed by atoms with Crippen molar-refractivity contribution < 1.29 is 4.79 Å². The standard InChI is InChI=1S/C24H21N3O/c28-24(27-16-14-26(15-17-27)18-8-2-1-3-9-18)23-19-10-4-6-12-21(19)25-22-13-7-5-11-20(22)23/h1-13H,14-17H2. The minimum Gasteiger partial charge on any atom is -0.368 e. The molecule has 1 fully saturated rings. The van der Waals surface area contributed by atoms with Gasteiger partial charge in [0.1, 0.15) is 0 Å². The van der Waals surface area contributed by atoms with Gasteiger partial charge in [-0.3, -0.25) is 4.79 Å². The van der Waals surface area contributed by atoms with E-state index < -0.39 is 0 Å². The molecule has 0 radical (unpaired) electrons. The number of hydrogen-bond acceptors (Lipinski definition) is 3. The number of nitrogens with zero attached hydrogens (tertiary/aromatic N) is 3. The van der Waals surface area contributed by atoms with Crippen molar-refractivity contribution in [3.8, 4) is 0 Å². The Balaban J connectivity index is 1.49. The second-order valence-electron chi connectivity index (χ2n) is 7.14. The molecule has 1 aliphatic rings. The first-order chi connectivity index (χ1) is 13.8. The summed E-state index contributed by atoms with van der Waals surface area (Å²) in [4.78, 5) is 22.6. The number of aromatic nitrogens is 1. The van der Waals surface area contributed by atoms with Gasteiger partial charge in [0, 0.05) is 42.6 Å². The molecule has 1 saturated heterocycles. The molecule has 0 aliphatic carbocycles. The fourth-order valence-corrected chi connectivity index (χ4v) is 4.04. The summed E-state index contributed by atoms with van der Waals surface area (Å²) >= 11 is 0. The Bertz CT molecular complexity index is 1090. The van der Waals surface area contributed by atoms with E-state index in [9.17, 15) is 4.79 Å². The van der Waals surface area contributed by atoms with E-state index in [0.717, 1.165) is 53.5 Å². The number of anilines is 1. The lowest BCUT2D eigenvalue weighted by molar-refractivity contribution is 0.0750. The van der Waals surface area contributed by atoms with Crippen LogP contribution in [-0.4, -0.2) is 42.0 Å². The molecule has 4 nitrogen and oxygen atoms in total. The maximum Gasteiger partial charge on any atom is 0.255 e. The van der Waals surface area contributed by atoms with Gasteiger partial charge in [0.25, 0.3) is 5.91 Å². The second-order valence-corrected chi connectivity index (χ2v) is 7.14. The van der Waals surface area contributed by atoms with Crippen molar-refractivity contribution in [3.05, 3.63) is 84.4 Å². The third-order valence-corrected chi connectivity index (χ3v) is 5.49. The van der Waals surface area contributed by atoms with Gasteiger partial charge >= 0.3 is 0 Å². The van der Waals surface area contributed by atoms with Crippen LogP contribution >= 0.6 is 0 Å². The van der Waals surface area contributed by atoms with Gasteiger partial charge in [-0.15, -0.1) is 0 Å². The van der Waals surface area contributed by atoms with Gasteiger partial charge in [0.05, 0.1) is 16.6 Å². The lowest BCUT2D eigenvalue weighted by Gasteiger charge is -2.36. The lowest BCUT2D eigenvalue weighted by Crippen LogP contribution is -2.48. The first-order valence-electron chi connectivity index (χ1n) is 9.68. The molecule has 5 rings (SSSR count). The zero-order valence-electron chi connectivity index (χ0n) is 15.6. The highest BCUT2D eigenvalue weighted by Crippen LogP contribution is 2.28. The summed E-state index contributed by atoms with van der Waals surface area (Å²) in [5.41, 5.74) is 3.73. The van der Waals surface area contributed by atoms with Crippen LogP contribution in [0.1, 0.15) is 10.4 Å². The number of hydrogen-bond donors (Lipinski definition) is 0. The molecule has 3 aromatic carbocycles. The van der Waals surface area contributed by atoms with Gasteiger partial charge in [-0.05, 0) is 24.3 Å². The van der Waals surface area contributed by atoms with E-state index in [0.29, 0.717) is 0 Å². The smallest absolute Gasteiger partial charge is 0.255 e. The fraction of sp³-hybridized carbons (Fsp3) is 0.167. The predicted molar refractivity (Wildman–Crippen MR) is 114 cm³/mol. The number of pyridine rings is 1. The van der Waals surface area contributed by atoms with Crippen LogP contribution in [0.5, 0.6) is 0 Å². The van der Waals surface area contributed by atoms with Gasteiger partial charge in [0.2, 0.25) is 0 Å². The van der Waals surface area contributed by atoms with Crippen LogP contribution in [0.15, 0.2) is 78.9 Å². The quantitative estimate of drug-likeness (QED) is 0.494. The maximum absolute atomic E-state index is 13.6. The number of para-hydroxylation sites is 3. The number of amides is 1. The van der Waals surface area contributed by atoms with Crippen molar-refractivity contribution in [2.75, 3.05) is 31.1 Å². The summed E-state index contributed by atoms with van der Waals surface area (Å²) in [5.74, 6) is 0.0995. The van der Waals surface area contributed by atoms with E-state index >= 15 is 0 Å². The summed E-state index contributed by atoms with van der Waals surface area (Å²) in [6, 6.07) is 26.2. The summed E-state index contributed by atoms with van der Waals surface area (Å²) in [6.07, 6.45) is 0. The van der Waals surface area contributed by atoms with E-state index in [4.69, 9.17) is 4.98 Å². The Morgan fingerprint density at radius 1 is 0.679 bits per heavy atom. The molecule has 4 aromatic rings. The largest absolute Gasteiger partial charge is 0.368 e. The highest BCUT2D eigenvalue weighted by molar-refractivity contribution is 6.16. The highest BCUT2D eigenvalue weighted by Gasteiger charge is 2.25. The highest BCUT2D eigenvalue weighted by atomic mass is 16.2. The molecular formula is C24H21N3O. The molecule has 0 N–H and O–H groups in total. The number of piperazine rings is 1. The predicted octanol–water partition coefficient (Wildman–Crippen LogP) is 4.35. The van der Waals surface area contributed by atoms with Gasteiger partial charge in [-0.25, -0.2) is 4.98 Å². The van der Waals surface area contributed by atoms with Crippen LogP contribution in [0.4, 0.5) is 5.69 Å². The van der Waals surface area contributed by atoms with E-state index in [2.05, 4.69) is 29.2 Å². The molecule has 0 atom stereocenters. The molecule has 28 heavy (non-hydrogen) atoms. The molecule has 1 aromatic heterocycles. The maximum atomic E-state index is 13.6. The zero-order chi connectivity index (χ0) is 18.9. The summed E-state index contributed by atoms with van der Waals surface area (Å²) in [6.45, 7) is 3.13. The first kappa shape index (κ1) is 16.8. The van der Waals surface area contributed by atoms with Crippen LogP contribution in [0.25, 0.3) is 21.8 Å². The van der Waals surface area contributed by atoms with E-state index in [1.54, 1.807) is 0 Å². The van der Waals surface area contributed by atoms with Crippen molar-refractivity contribution in [1.29, 1.82) is 0 Å². The van der Waals surface area contributed by atoms with Crippen molar-refractivity contribution in [1.82, 2.24) is 9.88 Å². The molecule has 0 bridgehead atoms. The van der Waals surface area contributed by atoms with Crippen LogP contribution in [0, 0.1) is 0 Å². The molecule has 0 saturated carbocycles. The van der Waals surface area contributed by atoms with Crippen molar-refractivity contribution in [3.63, 3.8) is 0 Å². The third kappa shape index (κ3) is 2.87. The number of rotatable bonds is 2. The van der Waals surface area contributed by atoms with Gasteiger partial charge < -0.3 is 9.80 Å². The molecule has 1 amide bonds. The Labute approximate surface area is 164 Å². The molecular weight excluding hydrogens is 346 g/mol. The van der Waals surface area contributed by atoms with Gasteiger partial charge in [-0.1, -0.05) is 54.6 Å². The Morgan fingerprint density at radius 2 is 1.21 bits per heavy atom. The fourth-order valence-electron chi connectivity index (χ4n) is 4.04. The van der Waals surface area contributed by atoms with Crippen molar-refractivity contribution >= 4 is 33.4 Å². The zero-order valence-corrected chi connectivity index (χ0v) is 15.6. The minimum atomic E-state index is 0.0995. The molecule has 0 unspecified atom stereocenters. The third-order valence-electron chi connectivity index (χ3n) is 5.49. The van der Waals surface area contributed by atoms with Crippen molar-refractivity contribution in [2.24, 2.45) is 0 Å². The molecule has 4 heteroatoms. The van der Waals surface area contributed by atoms with E-state index in [1.165, 1.54) is 5.69 Å².